The molecule has 1 aliphatic heterocycles. The van der Waals surface area contributed by atoms with Crippen molar-refractivity contribution < 1.29 is 19.4 Å². The molecule has 0 saturated carbocycles. The van der Waals surface area contributed by atoms with E-state index in [-0.39, 0.29) is 23.0 Å². The molecule has 1 atom stereocenters. The van der Waals surface area contributed by atoms with E-state index in [0.717, 1.165) is 4.47 Å². The summed E-state index contributed by atoms with van der Waals surface area (Å²) in [5, 5.41) is 9.80. The molecule has 2 aromatic carbocycles. The van der Waals surface area contributed by atoms with Gasteiger partial charge in [0.1, 0.15) is 17.5 Å². The molecule has 0 radical (unpaired) electrons. The Morgan fingerprint density at radius 1 is 1.26 bits per heavy atom. The molecule has 0 spiro atoms. The van der Waals surface area contributed by atoms with E-state index in [0.29, 0.717) is 31.9 Å². The molecule has 0 amide bonds. The lowest BCUT2D eigenvalue weighted by Gasteiger charge is -2.26. The summed E-state index contributed by atoms with van der Waals surface area (Å²) in [6, 6.07) is 11.3. The molecule has 2 heterocycles. The van der Waals surface area contributed by atoms with Gasteiger partial charge in [0.25, 0.3) is 5.56 Å². The molecule has 1 aromatic heterocycles. The van der Waals surface area contributed by atoms with Crippen LogP contribution in [-0.2, 0) is 9.53 Å². The maximum atomic E-state index is 13.7. The second-order valence-electron chi connectivity index (χ2n) is 8.02. The maximum Gasteiger partial charge on any atom is 0.338 e. The zero-order valence-electron chi connectivity index (χ0n) is 19.0. The molecular weight excluding hydrogens is 520 g/mol. The van der Waals surface area contributed by atoms with Crippen molar-refractivity contribution in [2.45, 2.75) is 32.9 Å². The van der Waals surface area contributed by atoms with Crippen molar-refractivity contribution in [1.82, 2.24) is 4.57 Å². The van der Waals surface area contributed by atoms with Crippen molar-refractivity contribution in [2.24, 2.45) is 4.99 Å². The molecule has 0 aliphatic carbocycles. The van der Waals surface area contributed by atoms with Gasteiger partial charge in [-0.3, -0.25) is 9.36 Å². The van der Waals surface area contributed by atoms with Gasteiger partial charge in [-0.2, -0.15) is 0 Å². The van der Waals surface area contributed by atoms with Crippen LogP contribution in [0.25, 0.3) is 6.08 Å². The number of allylic oxidation sites excluding steroid dienone is 1. The Kier molecular flexibility index (Phi) is 6.77. The number of nitrogens with zero attached hydrogens (tertiary/aromatic N) is 2. The van der Waals surface area contributed by atoms with Gasteiger partial charge in [0.15, 0.2) is 4.80 Å². The number of phenolic OH excluding ortho intramolecular Hbond substituents is 1. The van der Waals surface area contributed by atoms with E-state index < -0.39 is 12.0 Å². The van der Waals surface area contributed by atoms with E-state index in [1.807, 2.05) is 12.1 Å². The van der Waals surface area contributed by atoms with E-state index in [2.05, 4.69) is 20.9 Å². The highest BCUT2D eigenvalue weighted by Gasteiger charge is 2.35. The van der Waals surface area contributed by atoms with Gasteiger partial charge < -0.3 is 14.6 Å². The molecule has 3 aromatic rings. The molecular formula is C25H23BrN2O5S. The topological polar surface area (TPSA) is 90.1 Å². The zero-order chi connectivity index (χ0) is 24.6. The largest absolute Gasteiger partial charge is 0.508 e. The predicted molar refractivity (Wildman–Crippen MR) is 134 cm³/mol. The molecule has 9 heteroatoms. The van der Waals surface area contributed by atoms with Crippen LogP contribution in [0.2, 0.25) is 0 Å². The number of benzene rings is 2. The Morgan fingerprint density at radius 3 is 2.71 bits per heavy atom. The molecule has 4 rings (SSSR count). The van der Waals surface area contributed by atoms with Crippen LogP contribution in [0.4, 0.5) is 0 Å². The number of methoxy groups -OCH3 is 1. The SMILES string of the molecule is COc1ccc(Br)cc1[C@H]1C(C(=O)OC(C)C)=C(C)N=c2s/c(=C\c3cccc(O)c3)c(=O)n21. The van der Waals surface area contributed by atoms with Gasteiger partial charge in [-0.1, -0.05) is 39.4 Å². The number of thiazole rings is 1. The first-order valence-corrected chi connectivity index (χ1v) is 12.2. The Labute approximate surface area is 208 Å². The van der Waals surface area contributed by atoms with Gasteiger partial charge in [0, 0.05) is 10.0 Å². The Morgan fingerprint density at radius 2 is 2.03 bits per heavy atom. The van der Waals surface area contributed by atoms with Crippen LogP contribution < -0.4 is 19.6 Å². The van der Waals surface area contributed by atoms with Crippen molar-refractivity contribution in [2.75, 3.05) is 7.11 Å². The highest BCUT2D eigenvalue weighted by atomic mass is 79.9. The Balaban J connectivity index is 2.01. The lowest BCUT2D eigenvalue weighted by Crippen LogP contribution is -2.40. The summed E-state index contributed by atoms with van der Waals surface area (Å²) < 4.78 is 13.8. The Hall–Kier alpha value is -3.17. The van der Waals surface area contributed by atoms with Crippen LogP contribution in [0.15, 0.2) is 68.0 Å². The van der Waals surface area contributed by atoms with Crippen LogP contribution in [0.3, 0.4) is 0 Å². The van der Waals surface area contributed by atoms with Crippen LogP contribution in [0.5, 0.6) is 11.5 Å². The summed E-state index contributed by atoms with van der Waals surface area (Å²) in [6.45, 7) is 5.28. The van der Waals surface area contributed by atoms with E-state index in [9.17, 15) is 14.7 Å². The minimum atomic E-state index is -0.790. The summed E-state index contributed by atoms with van der Waals surface area (Å²) in [5.74, 6) is 0.0960. The van der Waals surface area contributed by atoms with Crippen LogP contribution >= 0.6 is 27.3 Å². The van der Waals surface area contributed by atoms with Crippen molar-refractivity contribution in [1.29, 1.82) is 0 Å². The van der Waals surface area contributed by atoms with Crippen molar-refractivity contribution in [3.63, 3.8) is 0 Å². The van der Waals surface area contributed by atoms with Crippen LogP contribution in [-0.4, -0.2) is 28.9 Å². The first kappa shape index (κ1) is 24.0. The fourth-order valence-electron chi connectivity index (χ4n) is 3.84. The molecule has 0 saturated heterocycles. The van der Waals surface area contributed by atoms with E-state index in [1.54, 1.807) is 64.3 Å². The summed E-state index contributed by atoms with van der Waals surface area (Å²) in [4.78, 5) is 31.9. The first-order chi connectivity index (χ1) is 16.2. The lowest BCUT2D eigenvalue weighted by atomic mass is 9.95. The van der Waals surface area contributed by atoms with Gasteiger partial charge in [0.2, 0.25) is 0 Å². The number of fused-ring (bicyclic) bond motifs is 1. The summed E-state index contributed by atoms with van der Waals surface area (Å²) in [6.07, 6.45) is 1.36. The van der Waals surface area contributed by atoms with Gasteiger partial charge in [-0.25, -0.2) is 9.79 Å². The average Bonchev–Trinajstić information content (AvgIpc) is 3.06. The molecule has 7 nitrogen and oxygen atoms in total. The quantitative estimate of drug-likeness (QED) is 0.497. The standard InChI is InChI=1S/C25H23BrN2O5S/c1-13(2)33-24(31)21-14(3)27-25-28(22(21)18-12-16(26)8-9-19(18)32-4)23(30)20(34-25)11-15-6-5-7-17(29)10-15/h5-13,22,29H,1-4H3/b20-11-/t22-/m0/s1. The number of halogens is 1. The molecule has 1 aliphatic rings. The molecule has 0 unspecified atom stereocenters. The third-order valence-corrected chi connectivity index (χ3v) is 6.71. The monoisotopic (exact) mass is 542 g/mol. The van der Waals surface area contributed by atoms with Gasteiger partial charge in [-0.15, -0.1) is 0 Å². The number of phenols is 1. The number of esters is 1. The van der Waals surface area contributed by atoms with E-state index >= 15 is 0 Å². The number of carbonyl (C=O) groups is 1. The molecule has 34 heavy (non-hydrogen) atoms. The van der Waals surface area contributed by atoms with Gasteiger partial charge >= 0.3 is 5.97 Å². The first-order valence-electron chi connectivity index (χ1n) is 10.6. The highest BCUT2D eigenvalue weighted by Crippen LogP contribution is 2.37. The fraction of sp³-hybridized carbons (Fsp3) is 0.240. The van der Waals surface area contributed by atoms with E-state index in [1.165, 1.54) is 15.9 Å². The molecule has 0 bridgehead atoms. The average molecular weight is 543 g/mol. The third-order valence-electron chi connectivity index (χ3n) is 5.24. The minimum Gasteiger partial charge on any atom is -0.508 e. The second kappa shape index (κ2) is 9.60. The number of hydrogen-bond acceptors (Lipinski definition) is 7. The normalized spacial score (nSPS) is 15.8. The maximum absolute atomic E-state index is 13.7. The number of carbonyl (C=O) groups excluding carboxylic acids is 1. The molecule has 176 valence electrons. The van der Waals surface area contributed by atoms with Crippen molar-refractivity contribution in [3.8, 4) is 11.5 Å². The number of aromatic nitrogens is 1. The second-order valence-corrected chi connectivity index (χ2v) is 9.94. The number of aromatic hydroxyl groups is 1. The number of ether oxygens (including phenoxy) is 2. The molecule has 1 N–H and O–H groups in total. The van der Waals surface area contributed by atoms with Gasteiger partial charge in [0.05, 0.1) is 29.0 Å². The van der Waals surface area contributed by atoms with Gasteiger partial charge in [-0.05, 0) is 62.7 Å². The smallest absolute Gasteiger partial charge is 0.338 e. The number of hydrogen-bond donors (Lipinski definition) is 1. The summed E-state index contributed by atoms with van der Waals surface area (Å²) in [7, 11) is 1.54. The fourth-order valence-corrected chi connectivity index (χ4v) is 5.26. The lowest BCUT2D eigenvalue weighted by molar-refractivity contribution is -0.143. The summed E-state index contributed by atoms with van der Waals surface area (Å²) >= 11 is 4.71. The minimum absolute atomic E-state index is 0.104. The van der Waals surface area contributed by atoms with Crippen LogP contribution in [0, 0.1) is 0 Å². The Bertz CT molecular complexity index is 1490. The zero-order valence-corrected chi connectivity index (χ0v) is 21.4. The van der Waals surface area contributed by atoms with E-state index in [4.69, 9.17) is 9.47 Å². The third kappa shape index (κ3) is 4.58. The highest BCUT2D eigenvalue weighted by molar-refractivity contribution is 9.10. The van der Waals surface area contributed by atoms with Crippen molar-refractivity contribution in [3.05, 3.63) is 89.0 Å². The van der Waals surface area contributed by atoms with Crippen molar-refractivity contribution >= 4 is 39.3 Å². The number of rotatable bonds is 5. The molecule has 0 fully saturated rings. The predicted octanol–water partition coefficient (Wildman–Crippen LogP) is 3.66. The van der Waals surface area contributed by atoms with Crippen LogP contribution in [0.1, 0.15) is 37.9 Å². The summed E-state index contributed by atoms with van der Waals surface area (Å²) in [5.41, 5.74) is 1.76.